The summed E-state index contributed by atoms with van der Waals surface area (Å²) < 4.78 is 0. The SMILES string of the molecule is C[C@@H]1CN(C(=O)[C@H]2C[C@@H]2C(=O)O)c2ccccc21. The quantitative estimate of drug-likeness (QED) is 0.865. The standard InChI is InChI=1S/C14H15NO3/c1-8-7-15(12-5-3-2-4-9(8)12)13(16)10-6-11(10)14(17)18/h2-5,8,10-11H,6-7H2,1H3,(H,17,18)/t8-,10+,11+/m1/s1. The van der Waals surface area contributed by atoms with E-state index < -0.39 is 11.9 Å². The molecule has 3 atom stereocenters. The first-order chi connectivity index (χ1) is 8.59. The fourth-order valence-corrected chi connectivity index (χ4v) is 2.77. The van der Waals surface area contributed by atoms with E-state index in [1.54, 1.807) is 4.90 Å². The second-order valence-electron chi connectivity index (χ2n) is 5.20. The number of carbonyl (C=O) groups is 2. The first-order valence-electron chi connectivity index (χ1n) is 6.22. The summed E-state index contributed by atoms with van der Waals surface area (Å²) in [4.78, 5) is 24.9. The number of anilines is 1. The van der Waals surface area contributed by atoms with Crippen LogP contribution in [0.1, 0.15) is 24.8 Å². The van der Waals surface area contributed by atoms with E-state index >= 15 is 0 Å². The lowest BCUT2D eigenvalue weighted by atomic mass is 10.0. The number of hydrogen-bond donors (Lipinski definition) is 1. The van der Waals surface area contributed by atoms with Gasteiger partial charge in [-0.15, -0.1) is 0 Å². The van der Waals surface area contributed by atoms with Crippen LogP contribution >= 0.6 is 0 Å². The Labute approximate surface area is 105 Å². The molecule has 1 aliphatic heterocycles. The van der Waals surface area contributed by atoms with Gasteiger partial charge < -0.3 is 10.0 Å². The molecular formula is C14H15NO3. The summed E-state index contributed by atoms with van der Waals surface area (Å²) in [5.74, 6) is -1.35. The molecule has 1 amide bonds. The van der Waals surface area contributed by atoms with Gasteiger partial charge in [-0.3, -0.25) is 9.59 Å². The summed E-state index contributed by atoms with van der Waals surface area (Å²) in [7, 11) is 0. The van der Waals surface area contributed by atoms with Crippen LogP contribution in [0.2, 0.25) is 0 Å². The number of carboxylic acids is 1. The van der Waals surface area contributed by atoms with Gasteiger partial charge >= 0.3 is 5.97 Å². The first-order valence-corrected chi connectivity index (χ1v) is 6.22. The van der Waals surface area contributed by atoms with Crippen LogP contribution in [-0.2, 0) is 9.59 Å². The number of hydrogen-bond acceptors (Lipinski definition) is 2. The summed E-state index contributed by atoms with van der Waals surface area (Å²) in [5, 5.41) is 8.89. The molecule has 0 aromatic heterocycles. The van der Waals surface area contributed by atoms with Crippen molar-refractivity contribution in [1.29, 1.82) is 0 Å². The van der Waals surface area contributed by atoms with Crippen molar-refractivity contribution in [3.63, 3.8) is 0 Å². The fraction of sp³-hybridized carbons (Fsp3) is 0.429. The molecule has 0 radical (unpaired) electrons. The maximum atomic E-state index is 12.3. The molecule has 1 heterocycles. The number of para-hydroxylation sites is 1. The second kappa shape index (κ2) is 3.83. The molecule has 1 saturated carbocycles. The lowest BCUT2D eigenvalue weighted by Crippen LogP contribution is -2.31. The van der Waals surface area contributed by atoms with Crippen molar-refractivity contribution < 1.29 is 14.7 Å². The number of aliphatic carboxylic acids is 1. The summed E-state index contributed by atoms with van der Waals surface area (Å²) in [6.45, 7) is 2.76. The second-order valence-corrected chi connectivity index (χ2v) is 5.20. The number of carbonyl (C=O) groups excluding carboxylic acids is 1. The van der Waals surface area contributed by atoms with Crippen molar-refractivity contribution in [2.24, 2.45) is 11.8 Å². The molecule has 3 rings (SSSR count). The Hall–Kier alpha value is -1.84. The minimum absolute atomic E-state index is 0.0285. The van der Waals surface area contributed by atoms with Crippen molar-refractivity contribution in [3.8, 4) is 0 Å². The van der Waals surface area contributed by atoms with Gasteiger partial charge in [-0.05, 0) is 18.1 Å². The maximum Gasteiger partial charge on any atom is 0.307 e. The molecule has 2 aliphatic rings. The molecule has 1 aromatic rings. The van der Waals surface area contributed by atoms with Crippen LogP contribution in [0.4, 0.5) is 5.69 Å². The minimum Gasteiger partial charge on any atom is -0.481 e. The van der Waals surface area contributed by atoms with E-state index in [2.05, 4.69) is 6.92 Å². The third-order valence-corrected chi connectivity index (χ3v) is 3.91. The van der Waals surface area contributed by atoms with Gasteiger partial charge in [-0.25, -0.2) is 0 Å². The van der Waals surface area contributed by atoms with Crippen LogP contribution in [0, 0.1) is 11.8 Å². The van der Waals surface area contributed by atoms with Crippen LogP contribution in [0.15, 0.2) is 24.3 Å². The highest BCUT2D eigenvalue weighted by Crippen LogP contribution is 2.44. The molecule has 1 fully saturated rings. The van der Waals surface area contributed by atoms with E-state index in [1.165, 1.54) is 5.56 Å². The fourth-order valence-electron chi connectivity index (χ4n) is 2.77. The maximum absolute atomic E-state index is 12.3. The Kier molecular flexibility index (Phi) is 2.40. The van der Waals surface area contributed by atoms with Gasteiger partial charge in [0.2, 0.25) is 5.91 Å². The minimum atomic E-state index is -0.853. The summed E-state index contributed by atoms with van der Waals surface area (Å²) in [6, 6.07) is 7.86. The summed E-state index contributed by atoms with van der Waals surface area (Å²) >= 11 is 0. The molecule has 94 valence electrons. The Morgan fingerprint density at radius 3 is 2.67 bits per heavy atom. The Morgan fingerprint density at radius 1 is 1.28 bits per heavy atom. The molecule has 1 aliphatic carbocycles. The van der Waals surface area contributed by atoms with Crippen molar-refractivity contribution in [2.75, 3.05) is 11.4 Å². The predicted octanol–water partition coefficient (Wildman–Crippen LogP) is 1.86. The van der Waals surface area contributed by atoms with Crippen molar-refractivity contribution in [2.45, 2.75) is 19.3 Å². The lowest BCUT2D eigenvalue weighted by molar-refractivity contribution is -0.140. The van der Waals surface area contributed by atoms with Gasteiger partial charge in [0.1, 0.15) is 0 Å². The van der Waals surface area contributed by atoms with E-state index in [-0.39, 0.29) is 11.8 Å². The van der Waals surface area contributed by atoms with Gasteiger partial charge in [-0.1, -0.05) is 25.1 Å². The molecule has 4 nitrogen and oxygen atoms in total. The third kappa shape index (κ3) is 1.60. The normalized spacial score (nSPS) is 28.9. The number of fused-ring (bicyclic) bond motifs is 1. The number of rotatable bonds is 2. The van der Waals surface area contributed by atoms with Gasteiger partial charge in [0, 0.05) is 18.2 Å². The van der Waals surface area contributed by atoms with Gasteiger partial charge in [0.25, 0.3) is 0 Å². The van der Waals surface area contributed by atoms with E-state index in [4.69, 9.17) is 5.11 Å². The smallest absolute Gasteiger partial charge is 0.307 e. The Balaban J connectivity index is 1.83. The van der Waals surface area contributed by atoms with Crippen molar-refractivity contribution >= 4 is 17.6 Å². The van der Waals surface area contributed by atoms with Crippen LogP contribution in [0.25, 0.3) is 0 Å². The van der Waals surface area contributed by atoms with Crippen molar-refractivity contribution in [1.82, 2.24) is 0 Å². The topological polar surface area (TPSA) is 57.6 Å². The molecule has 18 heavy (non-hydrogen) atoms. The summed E-state index contributed by atoms with van der Waals surface area (Å²) in [5.41, 5.74) is 2.13. The number of nitrogens with zero attached hydrogens (tertiary/aromatic N) is 1. The number of benzene rings is 1. The zero-order valence-electron chi connectivity index (χ0n) is 10.2. The highest BCUT2D eigenvalue weighted by molar-refractivity contribution is 6.01. The molecule has 4 heteroatoms. The average molecular weight is 245 g/mol. The van der Waals surface area contributed by atoms with Crippen LogP contribution in [0.3, 0.4) is 0 Å². The van der Waals surface area contributed by atoms with E-state index in [0.29, 0.717) is 18.9 Å². The van der Waals surface area contributed by atoms with Gasteiger partial charge in [-0.2, -0.15) is 0 Å². The highest BCUT2D eigenvalue weighted by Gasteiger charge is 2.51. The number of amides is 1. The molecule has 1 aromatic carbocycles. The molecule has 0 bridgehead atoms. The molecule has 0 spiro atoms. The Bertz CT molecular complexity index is 526. The van der Waals surface area contributed by atoms with Crippen LogP contribution < -0.4 is 4.90 Å². The summed E-state index contributed by atoms with van der Waals surface area (Å²) in [6.07, 6.45) is 0.487. The van der Waals surface area contributed by atoms with Crippen LogP contribution in [-0.4, -0.2) is 23.5 Å². The predicted molar refractivity (Wildman–Crippen MR) is 66.4 cm³/mol. The molecule has 0 unspecified atom stereocenters. The van der Waals surface area contributed by atoms with Crippen LogP contribution in [0.5, 0.6) is 0 Å². The largest absolute Gasteiger partial charge is 0.481 e. The zero-order valence-corrected chi connectivity index (χ0v) is 10.2. The first kappa shape index (κ1) is 11.3. The van der Waals surface area contributed by atoms with Gasteiger partial charge in [0.15, 0.2) is 0 Å². The number of carboxylic acid groups (broad SMARTS) is 1. The van der Waals surface area contributed by atoms with E-state index in [0.717, 1.165) is 5.69 Å². The van der Waals surface area contributed by atoms with Gasteiger partial charge in [0.05, 0.1) is 11.8 Å². The van der Waals surface area contributed by atoms with E-state index in [9.17, 15) is 9.59 Å². The third-order valence-electron chi connectivity index (χ3n) is 3.91. The molecule has 1 N–H and O–H groups in total. The molecular weight excluding hydrogens is 230 g/mol. The monoisotopic (exact) mass is 245 g/mol. The Morgan fingerprint density at radius 2 is 2.00 bits per heavy atom. The highest BCUT2D eigenvalue weighted by atomic mass is 16.4. The average Bonchev–Trinajstić information content (AvgIpc) is 3.09. The zero-order chi connectivity index (χ0) is 12.9. The molecule has 0 saturated heterocycles. The lowest BCUT2D eigenvalue weighted by Gasteiger charge is -2.17. The van der Waals surface area contributed by atoms with E-state index in [1.807, 2.05) is 24.3 Å². The van der Waals surface area contributed by atoms with Crippen molar-refractivity contribution in [3.05, 3.63) is 29.8 Å².